The van der Waals surface area contributed by atoms with E-state index in [1.165, 1.54) is 0 Å². The molecule has 0 atom stereocenters. The zero-order chi connectivity index (χ0) is 10.0. The first-order valence-electron chi connectivity index (χ1n) is 4.57. The Bertz CT molecular complexity index is 305. The largest absolute Gasteiger partial charge is 0.508 e. The van der Waals surface area contributed by atoms with Crippen LogP contribution in [-0.4, -0.2) is 5.11 Å². The summed E-state index contributed by atoms with van der Waals surface area (Å²) in [5.74, 6) is 0.775. The molecule has 0 spiro atoms. The summed E-state index contributed by atoms with van der Waals surface area (Å²) in [6.07, 6.45) is 0.937. The average Bonchev–Trinajstić information content (AvgIpc) is 2.07. The lowest BCUT2D eigenvalue weighted by Crippen LogP contribution is -1.91. The van der Waals surface area contributed by atoms with Crippen LogP contribution in [0.2, 0.25) is 0 Å². The molecule has 0 amide bonds. The zero-order valence-corrected chi connectivity index (χ0v) is 9.85. The number of halogens is 1. The predicted octanol–water partition coefficient (Wildman–Crippen LogP) is 3.84. The molecule has 72 valence electrons. The first-order chi connectivity index (χ1) is 6.06. The molecule has 0 aliphatic heterocycles. The number of phenolic OH excluding ortho intramolecular Hbond substituents is 1. The van der Waals surface area contributed by atoms with E-state index in [4.69, 9.17) is 0 Å². The molecule has 0 aromatic heterocycles. The molecule has 0 saturated heterocycles. The normalized spacial score (nSPS) is 10.8. The lowest BCUT2D eigenvalue weighted by molar-refractivity contribution is 0.464. The molecule has 0 saturated carbocycles. The maximum atomic E-state index is 9.70. The molecule has 1 rings (SSSR count). The van der Waals surface area contributed by atoms with Crippen molar-refractivity contribution in [3.8, 4) is 5.75 Å². The summed E-state index contributed by atoms with van der Waals surface area (Å²) < 4.78 is 1.09. The first-order valence-corrected chi connectivity index (χ1v) is 5.36. The first kappa shape index (κ1) is 10.6. The molecule has 0 radical (unpaired) electrons. The van der Waals surface area contributed by atoms with Gasteiger partial charge in [-0.15, -0.1) is 0 Å². The standard InChI is InChI=1S/C11H15BrO/c1-4-8-5-11(13)9(7(2)3)6-10(8)12/h5-7,13H,4H2,1-3H3. The summed E-state index contributed by atoms with van der Waals surface area (Å²) in [6, 6.07) is 3.86. The molecular weight excluding hydrogens is 228 g/mol. The van der Waals surface area contributed by atoms with Crippen LogP contribution in [0.3, 0.4) is 0 Å². The second-order valence-corrected chi connectivity index (χ2v) is 4.37. The van der Waals surface area contributed by atoms with Crippen molar-refractivity contribution < 1.29 is 5.11 Å². The number of hydrogen-bond donors (Lipinski definition) is 1. The molecule has 13 heavy (non-hydrogen) atoms. The number of aromatic hydroxyl groups is 1. The smallest absolute Gasteiger partial charge is 0.119 e. The van der Waals surface area contributed by atoms with Gasteiger partial charge in [-0.3, -0.25) is 0 Å². The van der Waals surface area contributed by atoms with Crippen LogP contribution in [0, 0.1) is 0 Å². The van der Waals surface area contributed by atoms with Crippen LogP contribution in [0.15, 0.2) is 16.6 Å². The van der Waals surface area contributed by atoms with E-state index in [1.54, 1.807) is 0 Å². The topological polar surface area (TPSA) is 20.2 Å². The highest BCUT2D eigenvalue weighted by Gasteiger charge is 2.09. The fraction of sp³-hybridized carbons (Fsp3) is 0.455. The van der Waals surface area contributed by atoms with Gasteiger partial charge in [-0.25, -0.2) is 0 Å². The molecule has 1 nitrogen and oxygen atoms in total. The van der Waals surface area contributed by atoms with E-state index in [1.807, 2.05) is 12.1 Å². The Morgan fingerprint density at radius 1 is 1.38 bits per heavy atom. The highest BCUT2D eigenvalue weighted by atomic mass is 79.9. The van der Waals surface area contributed by atoms with Crippen molar-refractivity contribution >= 4 is 15.9 Å². The van der Waals surface area contributed by atoms with Gasteiger partial charge in [0.05, 0.1) is 0 Å². The van der Waals surface area contributed by atoms with Gasteiger partial charge >= 0.3 is 0 Å². The van der Waals surface area contributed by atoms with E-state index in [0.717, 1.165) is 22.0 Å². The van der Waals surface area contributed by atoms with Crippen LogP contribution in [0.4, 0.5) is 0 Å². The second kappa shape index (κ2) is 4.14. The summed E-state index contributed by atoms with van der Waals surface area (Å²) in [6.45, 7) is 6.23. The van der Waals surface area contributed by atoms with Gasteiger partial charge in [-0.05, 0) is 35.6 Å². The summed E-state index contributed by atoms with van der Waals surface area (Å²) in [5.41, 5.74) is 2.16. The molecular formula is C11H15BrO. The molecule has 0 aliphatic rings. The molecule has 0 fully saturated rings. The van der Waals surface area contributed by atoms with Crippen LogP contribution in [0.5, 0.6) is 5.75 Å². The van der Waals surface area contributed by atoms with Gasteiger partial charge in [0.25, 0.3) is 0 Å². The fourth-order valence-corrected chi connectivity index (χ4v) is 2.00. The number of hydrogen-bond acceptors (Lipinski definition) is 1. The molecule has 1 aromatic rings. The number of phenols is 1. The average molecular weight is 243 g/mol. The van der Waals surface area contributed by atoms with Crippen molar-refractivity contribution in [2.24, 2.45) is 0 Å². The number of aryl methyl sites for hydroxylation is 1. The lowest BCUT2D eigenvalue weighted by Gasteiger charge is -2.11. The SMILES string of the molecule is CCc1cc(O)c(C(C)C)cc1Br. The maximum absolute atomic E-state index is 9.70. The van der Waals surface area contributed by atoms with E-state index in [2.05, 4.69) is 36.7 Å². The molecule has 1 N–H and O–H groups in total. The van der Waals surface area contributed by atoms with Gasteiger partial charge in [0.1, 0.15) is 5.75 Å². The van der Waals surface area contributed by atoms with Crippen molar-refractivity contribution in [2.75, 3.05) is 0 Å². The molecule has 1 aromatic carbocycles. The third-order valence-corrected chi connectivity index (χ3v) is 2.94. The summed E-state index contributed by atoms with van der Waals surface area (Å²) in [5, 5.41) is 9.70. The third-order valence-electron chi connectivity index (χ3n) is 2.20. The van der Waals surface area contributed by atoms with Crippen LogP contribution in [-0.2, 0) is 6.42 Å². The van der Waals surface area contributed by atoms with Crippen molar-refractivity contribution in [3.05, 3.63) is 27.7 Å². The third kappa shape index (κ3) is 2.25. The van der Waals surface area contributed by atoms with Crippen molar-refractivity contribution in [3.63, 3.8) is 0 Å². The fourth-order valence-electron chi connectivity index (χ4n) is 1.35. The summed E-state index contributed by atoms with van der Waals surface area (Å²) in [7, 11) is 0. The van der Waals surface area contributed by atoms with E-state index in [-0.39, 0.29) is 0 Å². The van der Waals surface area contributed by atoms with Gasteiger partial charge in [0.2, 0.25) is 0 Å². The van der Waals surface area contributed by atoms with Gasteiger partial charge in [0, 0.05) is 4.47 Å². The van der Waals surface area contributed by atoms with Crippen LogP contribution in [0.1, 0.15) is 37.8 Å². The summed E-state index contributed by atoms with van der Waals surface area (Å²) >= 11 is 3.50. The van der Waals surface area contributed by atoms with Crippen LogP contribution in [0.25, 0.3) is 0 Å². The minimum Gasteiger partial charge on any atom is -0.508 e. The number of rotatable bonds is 2. The Hall–Kier alpha value is -0.500. The monoisotopic (exact) mass is 242 g/mol. The van der Waals surface area contributed by atoms with Crippen molar-refractivity contribution in [2.45, 2.75) is 33.1 Å². The Balaban J connectivity index is 3.20. The molecule has 0 aliphatic carbocycles. The molecule has 2 heteroatoms. The Labute approximate surface area is 87.9 Å². The minimum absolute atomic E-state index is 0.363. The van der Waals surface area contributed by atoms with Gasteiger partial charge < -0.3 is 5.11 Å². The quantitative estimate of drug-likeness (QED) is 0.836. The van der Waals surface area contributed by atoms with E-state index >= 15 is 0 Å². The van der Waals surface area contributed by atoms with Gasteiger partial charge in [-0.2, -0.15) is 0 Å². The maximum Gasteiger partial charge on any atom is 0.119 e. The van der Waals surface area contributed by atoms with Gasteiger partial charge in [-0.1, -0.05) is 36.7 Å². The predicted molar refractivity (Wildman–Crippen MR) is 59.3 cm³/mol. The van der Waals surface area contributed by atoms with E-state index in [9.17, 15) is 5.11 Å². The van der Waals surface area contributed by atoms with Crippen LogP contribution < -0.4 is 0 Å². The molecule has 0 unspecified atom stereocenters. The molecule has 0 heterocycles. The van der Waals surface area contributed by atoms with E-state index in [0.29, 0.717) is 11.7 Å². The molecule has 0 bridgehead atoms. The van der Waals surface area contributed by atoms with Gasteiger partial charge in [0.15, 0.2) is 0 Å². The number of benzene rings is 1. The minimum atomic E-state index is 0.363. The summed E-state index contributed by atoms with van der Waals surface area (Å²) in [4.78, 5) is 0. The van der Waals surface area contributed by atoms with Crippen molar-refractivity contribution in [1.29, 1.82) is 0 Å². The van der Waals surface area contributed by atoms with E-state index < -0.39 is 0 Å². The Kier molecular flexibility index (Phi) is 3.37. The highest BCUT2D eigenvalue weighted by Crippen LogP contribution is 2.31. The Morgan fingerprint density at radius 3 is 2.46 bits per heavy atom. The Morgan fingerprint density at radius 2 is 2.00 bits per heavy atom. The van der Waals surface area contributed by atoms with Crippen LogP contribution >= 0.6 is 15.9 Å². The van der Waals surface area contributed by atoms with Crippen molar-refractivity contribution in [1.82, 2.24) is 0 Å². The highest BCUT2D eigenvalue weighted by molar-refractivity contribution is 9.10. The lowest BCUT2D eigenvalue weighted by atomic mass is 10.00. The second-order valence-electron chi connectivity index (χ2n) is 3.51. The zero-order valence-electron chi connectivity index (χ0n) is 8.26.